The molecule has 0 fully saturated rings. The number of nitrogens with zero attached hydrogens (tertiary/aromatic N) is 3. The molecule has 5 heteroatoms. The summed E-state index contributed by atoms with van der Waals surface area (Å²) in [6, 6.07) is 7.21. The molecular weight excluding hydrogens is 362 g/mol. The van der Waals surface area contributed by atoms with Crippen LogP contribution in [0.1, 0.15) is 79.1 Å². The fraction of sp³-hybridized carbons (Fsp3) is 0.625. The summed E-state index contributed by atoms with van der Waals surface area (Å²) < 4.78 is 1.62. The van der Waals surface area contributed by atoms with Gasteiger partial charge in [-0.15, -0.1) is 0 Å². The van der Waals surface area contributed by atoms with Crippen molar-refractivity contribution in [2.24, 2.45) is 18.4 Å². The first-order valence-corrected chi connectivity index (χ1v) is 10.8. The van der Waals surface area contributed by atoms with E-state index in [0.29, 0.717) is 35.6 Å². The highest BCUT2D eigenvalue weighted by molar-refractivity contribution is 5.78. The van der Waals surface area contributed by atoms with Gasteiger partial charge in [-0.25, -0.2) is 4.98 Å². The van der Waals surface area contributed by atoms with Gasteiger partial charge >= 0.3 is 0 Å². The molecule has 2 aromatic rings. The van der Waals surface area contributed by atoms with E-state index in [1.165, 1.54) is 0 Å². The molecule has 5 nitrogen and oxygen atoms in total. The Balaban J connectivity index is 2.40. The topological polar surface area (TPSA) is 55.2 Å². The zero-order valence-corrected chi connectivity index (χ0v) is 19.2. The number of carbonyl (C=O) groups is 1. The number of benzene rings is 1. The van der Waals surface area contributed by atoms with Gasteiger partial charge in [0.05, 0.1) is 16.9 Å². The van der Waals surface area contributed by atoms with Gasteiger partial charge in [0.2, 0.25) is 5.91 Å². The monoisotopic (exact) mass is 399 g/mol. The molecule has 0 radical (unpaired) electrons. The fourth-order valence-electron chi connectivity index (χ4n) is 4.30. The molecule has 0 aliphatic heterocycles. The molecule has 0 spiro atoms. The molecule has 2 unspecified atom stereocenters. The first kappa shape index (κ1) is 23.1. The molecule has 1 aromatic carbocycles. The maximum absolute atomic E-state index is 13.3. The van der Waals surface area contributed by atoms with Crippen molar-refractivity contribution < 1.29 is 4.79 Å². The van der Waals surface area contributed by atoms with Crippen molar-refractivity contribution in [3.63, 3.8) is 0 Å². The molecule has 0 aliphatic carbocycles. The lowest BCUT2D eigenvalue weighted by atomic mass is 9.84. The molecule has 2 rings (SSSR count). The third-order valence-electron chi connectivity index (χ3n) is 5.35. The zero-order chi connectivity index (χ0) is 21.8. The van der Waals surface area contributed by atoms with E-state index < -0.39 is 0 Å². The summed E-state index contributed by atoms with van der Waals surface area (Å²) >= 11 is 0. The van der Waals surface area contributed by atoms with E-state index in [1.54, 1.807) is 17.7 Å². The summed E-state index contributed by atoms with van der Waals surface area (Å²) in [6.45, 7) is 13.6. The van der Waals surface area contributed by atoms with Crippen molar-refractivity contribution in [3.05, 3.63) is 40.4 Å². The minimum Gasteiger partial charge on any atom is -0.333 e. The molecule has 2 atom stereocenters. The largest absolute Gasteiger partial charge is 0.333 e. The Morgan fingerprint density at radius 3 is 2.45 bits per heavy atom. The lowest BCUT2D eigenvalue weighted by Crippen LogP contribution is -2.39. The van der Waals surface area contributed by atoms with Crippen LogP contribution in [0.15, 0.2) is 29.1 Å². The number of fused-ring (bicyclic) bond motifs is 1. The summed E-state index contributed by atoms with van der Waals surface area (Å²) in [4.78, 5) is 32.9. The standard InChI is InChI=1S/C24H37N3O2/c1-8-14-27(21(28)15-17(3)16-24(4,5)6)20(9-2)22-25-19-13-11-10-12-18(19)23(29)26(22)7/h10-13,17,20H,8-9,14-16H2,1-7H3. The molecule has 0 N–H and O–H groups in total. The molecule has 0 aliphatic rings. The van der Waals surface area contributed by atoms with Gasteiger partial charge < -0.3 is 4.90 Å². The average Bonchev–Trinajstić information content (AvgIpc) is 2.63. The minimum atomic E-state index is -0.202. The second kappa shape index (κ2) is 9.55. The molecule has 1 heterocycles. The molecule has 1 amide bonds. The summed E-state index contributed by atoms with van der Waals surface area (Å²) in [5.41, 5.74) is 0.826. The summed E-state index contributed by atoms with van der Waals surface area (Å²) in [5.74, 6) is 1.13. The second-order valence-corrected chi connectivity index (χ2v) is 9.44. The fourth-order valence-corrected chi connectivity index (χ4v) is 4.30. The van der Waals surface area contributed by atoms with E-state index in [9.17, 15) is 9.59 Å². The van der Waals surface area contributed by atoms with E-state index in [0.717, 1.165) is 19.3 Å². The highest BCUT2D eigenvalue weighted by atomic mass is 16.2. The Hall–Kier alpha value is -2.17. The highest BCUT2D eigenvalue weighted by Crippen LogP contribution is 2.29. The van der Waals surface area contributed by atoms with Crippen LogP contribution >= 0.6 is 0 Å². The minimum absolute atomic E-state index is 0.0611. The van der Waals surface area contributed by atoms with Crippen molar-refractivity contribution in [3.8, 4) is 0 Å². The van der Waals surface area contributed by atoms with Crippen molar-refractivity contribution in [2.75, 3.05) is 6.54 Å². The molecule has 0 saturated carbocycles. The SMILES string of the molecule is CCCN(C(=O)CC(C)CC(C)(C)C)C(CC)c1nc2ccccc2c(=O)n1C. The predicted octanol–water partition coefficient (Wildman–Crippen LogP) is 5.09. The second-order valence-electron chi connectivity index (χ2n) is 9.44. The van der Waals surface area contributed by atoms with Gasteiger partial charge in [-0.1, -0.05) is 53.7 Å². The maximum atomic E-state index is 13.3. The highest BCUT2D eigenvalue weighted by Gasteiger charge is 2.28. The number of hydrogen-bond acceptors (Lipinski definition) is 3. The normalized spacial score (nSPS) is 14.0. The third-order valence-corrected chi connectivity index (χ3v) is 5.35. The van der Waals surface area contributed by atoms with Gasteiger partial charge in [0.25, 0.3) is 5.56 Å². The summed E-state index contributed by atoms with van der Waals surface area (Å²) in [5, 5.41) is 0.612. The van der Waals surface area contributed by atoms with E-state index in [-0.39, 0.29) is 22.9 Å². The van der Waals surface area contributed by atoms with Gasteiger partial charge in [0.1, 0.15) is 5.82 Å². The van der Waals surface area contributed by atoms with E-state index in [4.69, 9.17) is 4.98 Å². The number of para-hydroxylation sites is 1. The number of aromatic nitrogens is 2. The summed E-state index contributed by atoms with van der Waals surface area (Å²) in [7, 11) is 1.76. The van der Waals surface area contributed by atoms with Crippen LogP contribution in [-0.2, 0) is 11.8 Å². The van der Waals surface area contributed by atoms with Gasteiger partial charge in [-0.3, -0.25) is 14.2 Å². The third kappa shape index (κ3) is 5.68. The molecular formula is C24H37N3O2. The Morgan fingerprint density at radius 1 is 1.21 bits per heavy atom. The molecule has 0 bridgehead atoms. The van der Waals surface area contributed by atoms with Crippen molar-refractivity contribution >= 4 is 16.8 Å². The van der Waals surface area contributed by atoms with Crippen LogP contribution in [0, 0.1) is 11.3 Å². The van der Waals surface area contributed by atoms with Crippen LogP contribution in [0.2, 0.25) is 0 Å². The van der Waals surface area contributed by atoms with Gasteiger partial charge in [-0.05, 0) is 42.7 Å². The van der Waals surface area contributed by atoms with Crippen LogP contribution in [0.5, 0.6) is 0 Å². The molecule has 29 heavy (non-hydrogen) atoms. The Kier molecular flexibility index (Phi) is 7.61. The number of hydrogen-bond donors (Lipinski definition) is 0. The van der Waals surface area contributed by atoms with Crippen LogP contribution in [-0.4, -0.2) is 26.9 Å². The Labute approximate surface area is 175 Å². The average molecular weight is 400 g/mol. The van der Waals surface area contributed by atoms with Gasteiger partial charge in [0, 0.05) is 20.0 Å². The van der Waals surface area contributed by atoms with Crippen LogP contribution in [0.25, 0.3) is 10.9 Å². The van der Waals surface area contributed by atoms with E-state index >= 15 is 0 Å². The smallest absolute Gasteiger partial charge is 0.261 e. The molecule has 160 valence electrons. The quantitative estimate of drug-likeness (QED) is 0.621. The van der Waals surface area contributed by atoms with Crippen molar-refractivity contribution in [2.45, 2.75) is 73.3 Å². The Morgan fingerprint density at radius 2 is 1.86 bits per heavy atom. The lowest BCUT2D eigenvalue weighted by Gasteiger charge is -2.33. The van der Waals surface area contributed by atoms with Crippen molar-refractivity contribution in [1.82, 2.24) is 14.5 Å². The zero-order valence-electron chi connectivity index (χ0n) is 19.2. The molecule has 0 saturated heterocycles. The molecule has 1 aromatic heterocycles. The Bertz CT molecular complexity index is 895. The maximum Gasteiger partial charge on any atom is 0.261 e. The number of carbonyl (C=O) groups excluding carboxylic acids is 1. The number of rotatable bonds is 8. The first-order chi connectivity index (χ1) is 13.6. The summed E-state index contributed by atoms with van der Waals surface area (Å²) in [6.07, 6.45) is 3.12. The van der Waals surface area contributed by atoms with Gasteiger partial charge in [0.15, 0.2) is 0 Å². The predicted molar refractivity (Wildman–Crippen MR) is 120 cm³/mol. The van der Waals surface area contributed by atoms with Gasteiger partial charge in [-0.2, -0.15) is 0 Å². The van der Waals surface area contributed by atoms with Crippen LogP contribution in [0.4, 0.5) is 0 Å². The number of amides is 1. The van der Waals surface area contributed by atoms with Crippen LogP contribution in [0.3, 0.4) is 0 Å². The van der Waals surface area contributed by atoms with Crippen molar-refractivity contribution in [1.29, 1.82) is 0 Å². The first-order valence-electron chi connectivity index (χ1n) is 10.8. The van der Waals surface area contributed by atoms with E-state index in [1.807, 2.05) is 23.1 Å². The van der Waals surface area contributed by atoms with Crippen LogP contribution < -0.4 is 5.56 Å². The van der Waals surface area contributed by atoms with E-state index in [2.05, 4.69) is 41.5 Å². The lowest BCUT2D eigenvalue weighted by molar-refractivity contribution is -0.135.